The van der Waals surface area contributed by atoms with Gasteiger partial charge in [-0.3, -0.25) is 4.79 Å². The zero-order valence-electron chi connectivity index (χ0n) is 5.40. The summed E-state index contributed by atoms with van der Waals surface area (Å²) in [4.78, 5) is 10.6. The van der Waals surface area contributed by atoms with Crippen molar-refractivity contribution in [2.45, 2.75) is 25.7 Å². The Labute approximate surface area is 54.3 Å². The van der Waals surface area contributed by atoms with Crippen LogP contribution in [-0.4, -0.2) is 12.5 Å². The third kappa shape index (κ3) is 1.50. The minimum absolute atomic E-state index is 0.0648. The maximum Gasteiger partial charge on any atom is 0.166 e. The SMILES string of the molecule is O=C(CF)C1CCCC1. The van der Waals surface area contributed by atoms with E-state index in [4.69, 9.17) is 0 Å². The molecule has 0 aliphatic heterocycles. The van der Waals surface area contributed by atoms with Gasteiger partial charge in [0, 0.05) is 5.92 Å². The molecule has 0 unspecified atom stereocenters. The van der Waals surface area contributed by atoms with E-state index < -0.39 is 6.67 Å². The summed E-state index contributed by atoms with van der Waals surface area (Å²) in [6.07, 6.45) is 4.05. The van der Waals surface area contributed by atoms with Gasteiger partial charge in [0.1, 0.15) is 6.67 Å². The van der Waals surface area contributed by atoms with E-state index in [2.05, 4.69) is 0 Å². The summed E-state index contributed by atoms with van der Waals surface area (Å²) in [5, 5.41) is 0. The van der Waals surface area contributed by atoms with Gasteiger partial charge in [-0.2, -0.15) is 0 Å². The first-order valence-corrected chi connectivity index (χ1v) is 3.43. The van der Waals surface area contributed by atoms with Crippen LogP contribution in [0.1, 0.15) is 25.7 Å². The lowest BCUT2D eigenvalue weighted by atomic mass is 10.0. The molecule has 0 radical (unpaired) electrons. The number of rotatable bonds is 2. The van der Waals surface area contributed by atoms with E-state index in [1.165, 1.54) is 0 Å². The normalized spacial score (nSPS) is 20.6. The molecule has 2 heteroatoms. The Morgan fingerprint density at radius 2 is 2.00 bits per heavy atom. The Morgan fingerprint density at radius 1 is 1.44 bits per heavy atom. The summed E-state index contributed by atoms with van der Waals surface area (Å²) in [6.45, 7) is -0.759. The van der Waals surface area contributed by atoms with E-state index in [-0.39, 0.29) is 11.7 Å². The van der Waals surface area contributed by atoms with Gasteiger partial charge in [-0.1, -0.05) is 12.8 Å². The van der Waals surface area contributed by atoms with Crippen LogP contribution in [0.15, 0.2) is 0 Å². The zero-order valence-corrected chi connectivity index (χ0v) is 5.40. The highest BCUT2D eigenvalue weighted by Gasteiger charge is 2.21. The molecule has 1 fully saturated rings. The van der Waals surface area contributed by atoms with Gasteiger partial charge < -0.3 is 0 Å². The quantitative estimate of drug-likeness (QED) is 0.556. The first-order valence-electron chi connectivity index (χ1n) is 3.43. The largest absolute Gasteiger partial charge is 0.296 e. The number of alkyl halides is 1. The molecule has 1 aliphatic carbocycles. The summed E-state index contributed by atoms with van der Waals surface area (Å²) >= 11 is 0. The molecular formula is C7H11FO. The summed E-state index contributed by atoms with van der Waals surface area (Å²) in [7, 11) is 0. The molecule has 0 amide bonds. The Bertz CT molecular complexity index is 105. The highest BCUT2D eigenvalue weighted by Crippen LogP contribution is 2.25. The van der Waals surface area contributed by atoms with Gasteiger partial charge in [0.2, 0.25) is 0 Å². The van der Waals surface area contributed by atoms with Gasteiger partial charge in [-0.15, -0.1) is 0 Å². The van der Waals surface area contributed by atoms with E-state index in [1.807, 2.05) is 0 Å². The number of halogens is 1. The van der Waals surface area contributed by atoms with E-state index in [0.29, 0.717) is 0 Å². The van der Waals surface area contributed by atoms with Crippen molar-refractivity contribution in [3.05, 3.63) is 0 Å². The number of ketones is 1. The van der Waals surface area contributed by atoms with Crippen LogP contribution >= 0.6 is 0 Å². The summed E-state index contributed by atoms with van der Waals surface area (Å²) in [6, 6.07) is 0. The molecule has 0 aromatic rings. The molecule has 1 aliphatic rings. The van der Waals surface area contributed by atoms with Gasteiger partial charge in [-0.25, -0.2) is 4.39 Å². The van der Waals surface area contributed by atoms with E-state index >= 15 is 0 Å². The Kier molecular flexibility index (Phi) is 2.20. The van der Waals surface area contributed by atoms with Crippen molar-refractivity contribution in [2.75, 3.05) is 6.67 Å². The van der Waals surface area contributed by atoms with Crippen molar-refractivity contribution in [3.8, 4) is 0 Å². The fraction of sp³-hybridized carbons (Fsp3) is 0.857. The van der Waals surface area contributed by atoms with Crippen molar-refractivity contribution >= 4 is 5.78 Å². The smallest absolute Gasteiger partial charge is 0.166 e. The second-order valence-electron chi connectivity index (χ2n) is 2.58. The molecule has 1 nitrogen and oxygen atoms in total. The zero-order chi connectivity index (χ0) is 6.69. The Morgan fingerprint density at radius 3 is 2.44 bits per heavy atom. The van der Waals surface area contributed by atoms with Gasteiger partial charge >= 0.3 is 0 Å². The number of carbonyl (C=O) groups excluding carboxylic acids is 1. The first-order chi connectivity index (χ1) is 4.34. The van der Waals surface area contributed by atoms with E-state index in [0.717, 1.165) is 25.7 Å². The van der Waals surface area contributed by atoms with Crippen LogP contribution in [0.25, 0.3) is 0 Å². The maximum absolute atomic E-state index is 11.7. The molecule has 0 aromatic carbocycles. The minimum atomic E-state index is -0.759. The van der Waals surface area contributed by atoms with Gasteiger partial charge in [0.15, 0.2) is 5.78 Å². The monoisotopic (exact) mass is 130 g/mol. The number of carbonyl (C=O) groups is 1. The summed E-state index contributed by atoms with van der Waals surface area (Å²) in [5.74, 6) is -0.123. The van der Waals surface area contributed by atoms with Crippen LogP contribution in [0.5, 0.6) is 0 Å². The average Bonchev–Trinajstić information content (AvgIpc) is 2.37. The molecule has 0 N–H and O–H groups in total. The lowest BCUT2D eigenvalue weighted by molar-refractivity contribution is -0.123. The molecule has 9 heavy (non-hydrogen) atoms. The maximum atomic E-state index is 11.7. The molecule has 0 heterocycles. The minimum Gasteiger partial charge on any atom is -0.296 e. The molecule has 1 saturated carbocycles. The third-order valence-corrected chi connectivity index (χ3v) is 1.94. The van der Waals surface area contributed by atoms with Crippen LogP contribution < -0.4 is 0 Å². The number of hydrogen-bond donors (Lipinski definition) is 0. The lowest BCUT2D eigenvalue weighted by Gasteiger charge is -2.01. The molecule has 0 spiro atoms. The van der Waals surface area contributed by atoms with Crippen molar-refractivity contribution in [1.29, 1.82) is 0 Å². The second-order valence-corrected chi connectivity index (χ2v) is 2.58. The fourth-order valence-corrected chi connectivity index (χ4v) is 1.36. The summed E-state index contributed by atoms with van der Waals surface area (Å²) in [5.41, 5.74) is 0. The lowest BCUT2D eigenvalue weighted by Crippen LogP contribution is -2.11. The molecule has 1 rings (SSSR count). The summed E-state index contributed by atoms with van der Waals surface area (Å²) < 4.78 is 11.7. The Hall–Kier alpha value is -0.400. The fourth-order valence-electron chi connectivity index (χ4n) is 1.36. The van der Waals surface area contributed by atoms with Crippen molar-refractivity contribution < 1.29 is 9.18 Å². The van der Waals surface area contributed by atoms with Gasteiger partial charge in [0.25, 0.3) is 0 Å². The van der Waals surface area contributed by atoms with Crippen LogP contribution in [-0.2, 0) is 4.79 Å². The van der Waals surface area contributed by atoms with Crippen LogP contribution in [0, 0.1) is 5.92 Å². The molecule has 0 bridgehead atoms. The van der Waals surface area contributed by atoms with Crippen molar-refractivity contribution in [1.82, 2.24) is 0 Å². The average molecular weight is 130 g/mol. The van der Waals surface area contributed by atoms with Crippen LogP contribution in [0.4, 0.5) is 4.39 Å². The molecule has 52 valence electrons. The van der Waals surface area contributed by atoms with Crippen LogP contribution in [0.3, 0.4) is 0 Å². The number of Topliss-reactive ketones (excluding diaryl/α,β-unsaturated/α-hetero) is 1. The van der Waals surface area contributed by atoms with Crippen molar-refractivity contribution in [2.24, 2.45) is 5.92 Å². The van der Waals surface area contributed by atoms with E-state index in [9.17, 15) is 9.18 Å². The molecule has 0 saturated heterocycles. The predicted molar refractivity (Wildman–Crippen MR) is 32.9 cm³/mol. The Balaban J connectivity index is 2.32. The van der Waals surface area contributed by atoms with Crippen LogP contribution in [0.2, 0.25) is 0 Å². The van der Waals surface area contributed by atoms with Crippen molar-refractivity contribution in [3.63, 3.8) is 0 Å². The standard InChI is InChI=1S/C7H11FO/c8-5-7(9)6-3-1-2-4-6/h6H,1-5H2. The van der Waals surface area contributed by atoms with Gasteiger partial charge in [0.05, 0.1) is 0 Å². The molecular weight excluding hydrogens is 119 g/mol. The third-order valence-electron chi connectivity index (χ3n) is 1.94. The highest BCUT2D eigenvalue weighted by atomic mass is 19.1. The predicted octanol–water partition coefficient (Wildman–Crippen LogP) is 1.72. The highest BCUT2D eigenvalue weighted by molar-refractivity contribution is 5.82. The number of hydrogen-bond acceptors (Lipinski definition) is 1. The topological polar surface area (TPSA) is 17.1 Å². The molecule has 0 atom stereocenters. The molecule has 0 aromatic heterocycles. The second kappa shape index (κ2) is 2.95. The first kappa shape index (κ1) is 6.72. The van der Waals surface area contributed by atoms with E-state index in [1.54, 1.807) is 0 Å². The van der Waals surface area contributed by atoms with Gasteiger partial charge in [-0.05, 0) is 12.8 Å².